The van der Waals surface area contributed by atoms with Crippen LogP contribution in [0, 0.1) is 0 Å². The van der Waals surface area contributed by atoms with Crippen LogP contribution in [-0.2, 0) is 15.0 Å². The van der Waals surface area contributed by atoms with Crippen LogP contribution in [0.5, 0.6) is 0 Å². The summed E-state index contributed by atoms with van der Waals surface area (Å²) in [6.45, 7) is 1.91. The maximum absolute atomic E-state index is 12.5. The molecule has 0 aliphatic heterocycles. The van der Waals surface area contributed by atoms with Crippen molar-refractivity contribution in [1.29, 1.82) is 0 Å². The predicted molar refractivity (Wildman–Crippen MR) is 81.5 cm³/mol. The standard InChI is InChI=1S/C16H20ClNO3/c1-11(3-2-4-14(19)20)18-15(21)16(9-10-16)12-5-7-13(17)8-6-12/h5-8,11H,2-4,9-10H2,1H3,(H,18,21)(H,19,20). The van der Waals surface area contributed by atoms with E-state index < -0.39 is 11.4 Å². The van der Waals surface area contributed by atoms with Crippen LogP contribution >= 0.6 is 11.6 Å². The first-order valence-electron chi connectivity index (χ1n) is 7.23. The number of hydrogen-bond donors (Lipinski definition) is 2. The zero-order valence-corrected chi connectivity index (χ0v) is 12.8. The Hall–Kier alpha value is -1.55. The van der Waals surface area contributed by atoms with Gasteiger partial charge in [0.2, 0.25) is 5.91 Å². The minimum absolute atomic E-state index is 0.0124. The minimum Gasteiger partial charge on any atom is -0.481 e. The lowest BCUT2D eigenvalue weighted by Gasteiger charge is -2.20. The molecular formula is C16H20ClNO3. The highest BCUT2D eigenvalue weighted by Crippen LogP contribution is 2.48. The molecule has 1 atom stereocenters. The molecule has 1 aromatic carbocycles. The smallest absolute Gasteiger partial charge is 0.303 e. The maximum atomic E-state index is 12.5. The van der Waals surface area contributed by atoms with Crippen molar-refractivity contribution in [3.63, 3.8) is 0 Å². The lowest BCUT2D eigenvalue weighted by Crippen LogP contribution is -2.40. The van der Waals surface area contributed by atoms with Gasteiger partial charge in [-0.2, -0.15) is 0 Å². The topological polar surface area (TPSA) is 66.4 Å². The Balaban J connectivity index is 1.90. The zero-order valence-electron chi connectivity index (χ0n) is 12.1. The molecule has 1 fully saturated rings. The van der Waals surface area contributed by atoms with E-state index in [1.807, 2.05) is 19.1 Å². The van der Waals surface area contributed by atoms with Gasteiger partial charge in [-0.15, -0.1) is 0 Å². The summed E-state index contributed by atoms with van der Waals surface area (Å²) in [6.07, 6.45) is 3.09. The summed E-state index contributed by atoms with van der Waals surface area (Å²) in [5.41, 5.74) is 0.591. The van der Waals surface area contributed by atoms with Gasteiger partial charge in [0.25, 0.3) is 0 Å². The Morgan fingerprint density at radius 2 is 1.95 bits per heavy atom. The molecule has 114 valence electrons. The summed E-state index contributed by atoms with van der Waals surface area (Å²) < 4.78 is 0. The Morgan fingerprint density at radius 3 is 2.48 bits per heavy atom. The third-order valence-corrected chi connectivity index (χ3v) is 4.24. The van der Waals surface area contributed by atoms with E-state index in [4.69, 9.17) is 16.7 Å². The van der Waals surface area contributed by atoms with Gasteiger partial charge in [0, 0.05) is 17.5 Å². The summed E-state index contributed by atoms with van der Waals surface area (Å²) in [5, 5.41) is 12.3. The van der Waals surface area contributed by atoms with Crippen LogP contribution in [0.3, 0.4) is 0 Å². The van der Waals surface area contributed by atoms with Crippen molar-refractivity contribution in [2.75, 3.05) is 0 Å². The Morgan fingerprint density at radius 1 is 1.33 bits per heavy atom. The number of hydrogen-bond acceptors (Lipinski definition) is 2. The summed E-state index contributed by atoms with van der Waals surface area (Å²) in [4.78, 5) is 22.9. The van der Waals surface area contributed by atoms with E-state index in [2.05, 4.69) is 5.32 Å². The minimum atomic E-state index is -0.798. The second kappa shape index (κ2) is 6.48. The monoisotopic (exact) mass is 309 g/mol. The molecule has 1 saturated carbocycles. The van der Waals surface area contributed by atoms with E-state index in [1.165, 1.54) is 0 Å². The van der Waals surface area contributed by atoms with Crippen molar-refractivity contribution in [1.82, 2.24) is 5.32 Å². The Kier molecular flexibility index (Phi) is 4.88. The van der Waals surface area contributed by atoms with E-state index >= 15 is 0 Å². The van der Waals surface area contributed by atoms with Crippen LogP contribution in [-0.4, -0.2) is 23.0 Å². The average Bonchev–Trinajstić information content (AvgIpc) is 3.20. The largest absolute Gasteiger partial charge is 0.481 e. The molecule has 0 spiro atoms. The highest BCUT2D eigenvalue weighted by Gasteiger charge is 2.51. The summed E-state index contributed by atoms with van der Waals surface area (Å²) in [6, 6.07) is 7.41. The van der Waals surface area contributed by atoms with Crippen molar-refractivity contribution in [3.8, 4) is 0 Å². The molecule has 0 radical (unpaired) electrons. The van der Waals surface area contributed by atoms with Crippen LogP contribution in [0.2, 0.25) is 5.02 Å². The number of rotatable bonds is 7. The van der Waals surface area contributed by atoms with Crippen molar-refractivity contribution >= 4 is 23.5 Å². The van der Waals surface area contributed by atoms with Crippen LogP contribution in [0.15, 0.2) is 24.3 Å². The molecular weight excluding hydrogens is 290 g/mol. The van der Waals surface area contributed by atoms with E-state index in [0.29, 0.717) is 17.9 Å². The molecule has 5 heteroatoms. The molecule has 0 heterocycles. The van der Waals surface area contributed by atoms with Crippen molar-refractivity contribution < 1.29 is 14.7 Å². The molecule has 21 heavy (non-hydrogen) atoms. The zero-order chi connectivity index (χ0) is 15.5. The van der Waals surface area contributed by atoms with Gasteiger partial charge in [0.1, 0.15) is 0 Å². The van der Waals surface area contributed by atoms with Gasteiger partial charge in [-0.05, 0) is 50.3 Å². The predicted octanol–water partition coefficient (Wildman–Crippen LogP) is 3.13. The molecule has 0 aromatic heterocycles. The first-order chi connectivity index (χ1) is 9.94. The second-order valence-corrected chi connectivity index (χ2v) is 6.19. The van der Waals surface area contributed by atoms with Crippen LogP contribution in [0.25, 0.3) is 0 Å². The second-order valence-electron chi connectivity index (χ2n) is 5.75. The summed E-state index contributed by atoms with van der Waals surface area (Å²) in [7, 11) is 0. The maximum Gasteiger partial charge on any atom is 0.303 e. The molecule has 4 nitrogen and oxygen atoms in total. The SMILES string of the molecule is CC(CCCC(=O)O)NC(=O)C1(c2ccc(Cl)cc2)CC1. The van der Waals surface area contributed by atoms with E-state index in [-0.39, 0.29) is 18.4 Å². The average molecular weight is 310 g/mol. The number of carboxylic acids is 1. The molecule has 2 N–H and O–H groups in total. The molecule has 1 aliphatic carbocycles. The number of carboxylic acid groups (broad SMARTS) is 1. The lowest BCUT2D eigenvalue weighted by atomic mass is 9.94. The first-order valence-corrected chi connectivity index (χ1v) is 7.61. The molecule has 2 rings (SSSR count). The fourth-order valence-corrected chi connectivity index (χ4v) is 2.66. The molecule has 0 bridgehead atoms. The van der Waals surface area contributed by atoms with E-state index in [0.717, 1.165) is 18.4 Å². The van der Waals surface area contributed by atoms with Crippen molar-refractivity contribution in [2.45, 2.75) is 50.5 Å². The quantitative estimate of drug-likeness (QED) is 0.813. The third-order valence-electron chi connectivity index (χ3n) is 3.99. The first kappa shape index (κ1) is 15.8. The lowest BCUT2D eigenvalue weighted by molar-refractivity contribution is -0.137. The highest BCUT2D eigenvalue weighted by molar-refractivity contribution is 6.30. The van der Waals surface area contributed by atoms with E-state index in [1.54, 1.807) is 12.1 Å². The molecule has 1 unspecified atom stereocenters. The van der Waals surface area contributed by atoms with Crippen molar-refractivity contribution in [2.24, 2.45) is 0 Å². The fourth-order valence-electron chi connectivity index (χ4n) is 2.53. The molecule has 1 aliphatic rings. The number of halogens is 1. The van der Waals surface area contributed by atoms with Crippen LogP contribution in [0.4, 0.5) is 0 Å². The molecule has 0 saturated heterocycles. The fraction of sp³-hybridized carbons (Fsp3) is 0.500. The number of aliphatic carboxylic acids is 1. The number of amides is 1. The van der Waals surface area contributed by atoms with Crippen LogP contribution < -0.4 is 5.32 Å². The van der Waals surface area contributed by atoms with E-state index in [9.17, 15) is 9.59 Å². The normalized spacial score (nSPS) is 17.0. The van der Waals surface area contributed by atoms with Crippen LogP contribution in [0.1, 0.15) is 44.6 Å². The number of carbonyl (C=O) groups is 2. The van der Waals surface area contributed by atoms with Gasteiger partial charge in [0.15, 0.2) is 0 Å². The third kappa shape index (κ3) is 3.97. The molecule has 1 aromatic rings. The Labute approximate surface area is 129 Å². The number of nitrogens with one attached hydrogen (secondary N) is 1. The van der Waals surface area contributed by atoms with Gasteiger partial charge < -0.3 is 10.4 Å². The number of benzene rings is 1. The highest BCUT2D eigenvalue weighted by atomic mass is 35.5. The summed E-state index contributed by atoms with van der Waals surface area (Å²) in [5.74, 6) is -0.763. The van der Waals surface area contributed by atoms with Gasteiger partial charge in [-0.25, -0.2) is 0 Å². The molecule has 1 amide bonds. The Bertz CT molecular complexity index is 523. The van der Waals surface area contributed by atoms with Gasteiger partial charge in [0.05, 0.1) is 5.41 Å². The van der Waals surface area contributed by atoms with Gasteiger partial charge >= 0.3 is 5.97 Å². The number of carbonyl (C=O) groups excluding carboxylic acids is 1. The van der Waals surface area contributed by atoms with Gasteiger partial charge in [-0.1, -0.05) is 23.7 Å². The summed E-state index contributed by atoms with van der Waals surface area (Å²) >= 11 is 5.88. The van der Waals surface area contributed by atoms with Gasteiger partial charge in [-0.3, -0.25) is 9.59 Å². The van der Waals surface area contributed by atoms with Crippen molar-refractivity contribution in [3.05, 3.63) is 34.9 Å².